The summed E-state index contributed by atoms with van der Waals surface area (Å²) >= 11 is 6.03. The number of aromatic nitrogens is 3. The van der Waals surface area contributed by atoms with E-state index >= 15 is 0 Å². The molecule has 1 aliphatic heterocycles. The molecule has 0 spiro atoms. The van der Waals surface area contributed by atoms with Gasteiger partial charge in [0.1, 0.15) is 11.3 Å². The van der Waals surface area contributed by atoms with Crippen LogP contribution >= 0.6 is 11.6 Å². The Morgan fingerprint density at radius 1 is 1.14 bits per heavy atom. The van der Waals surface area contributed by atoms with Crippen molar-refractivity contribution in [2.45, 2.75) is 12.5 Å². The van der Waals surface area contributed by atoms with E-state index < -0.39 is 0 Å². The number of fused-ring (bicyclic) bond motifs is 2. The van der Waals surface area contributed by atoms with E-state index in [0.717, 1.165) is 28.8 Å². The van der Waals surface area contributed by atoms with Crippen LogP contribution in [-0.4, -0.2) is 21.6 Å². The predicted molar refractivity (Wildman–Crippen MR) is 85.3 cm³/mol. The second-order valence-corrected chi connectivity index (χ2v) is 5.42. The highest BCUT2D eigenvalue weighted by atomic mass is 35.5. The number of halogens is 1. The summed E-state index contributed by atoms with van der Waals surface area (Å²) in [7, 11) is 0. The molecule has 4 rings (SSSR count). The number of benzene rings is 1. The van der Waals surface area contributed by atoms with Gasteiger partial charge in [-0.15, -0.1) is 0 Å². The first kappa shape index (κ1) is 13.3. The van der Waals surface area contributed by atoms with E-state index in [-0.39, 0.29) is 11.3 Å². The zero-order valence-corrected chi connectivity index (χ0v) is 12.4. The van der Waals surface area contributed by atoms with Crippen molar-refractivity contribution in [1.29, 1.82) is 0 Å². The molecule has 5 nitrogen and oxygen atoms in total. The van der Waals surface area contributed by atoms with Crippen molar-refractivity contribution in [3.8, 4) is 5.75 Å². The third-order valence-electron chi connectivity index (χ3n) is 3.70. The van der Waals surface area contributed by atoms with Gasteiger partial charge in [0.2, 0.25) is 5.28 Å². The quantitative estimate of drug-likeness (QED) is 0.732. The van der Waals surface area contributed by atoms with Crippen LogP contribution in [0.15, 0.2) is 42.6 Å². The van der Waals surface area contributed by atoms with E-state index in [1.165, 1.54) is 0 Å². The lowest BCUT2D eigenvalue weighted by atomic mass is 10.0. The number of pyridine rings is 1. The van der Waals surface area contributed by atoms with Crippen molar-refractivity contribution in [2.75, 3.05) is 11.9 Å². The van der Waals surface area contributed by atoms with Crippen molar-refractivity contribution < 1.29 is 4.74 Å². The van der Waals surface area contributed by atoms with Crippen LogP contribution in [0.4, 0.5) is 5.82 Å². The van der Waals surface area contributed by atoms with E-state index in [4.69, 9.17) is 16.3 Å². The summed E-state index contributed by atoms with van der Waals surface area (Å²) < 4.78 is 5.69. The summed E-state index contributed by atoms with van der Waals surface area (Å²) in [6.45, 7) is 0.666. The standard InChI is InChI=1S/C16H13ClN4O/c17-16-20-12-5-3-8-18-14(12)15(21-16)19-11-7-9-22-13-6-2-1-4-10(11)13/h1-6,8,11H,7,9H2,(H,19,20,21). The zero-order chi connectivity index (χ0) is 14.9. The molecule has 1 aliphatic rings. The SMILES string of the molecule is Clc1nc(NC2CCOc3ccccc32)c2ncccc2n1. The lowest BCUT2D eigenvalue weighted by Crippen LogP contribution is -2.21. The molecule has 6 heteroatoms. The number of anilines is 1. The Morgan fingerprint density at radius 3 is 3.00 bits per heavy atom. The van der Waals surface area contributed by atoms with Gasteiger partial charge in [0.25, 0.3) is 0 Å². The van der Waals surface area contributed by atoms with E-state index in [1.54, 1.807) is 6.20 Å². The summed E-state index contributed by atoms with van der Waals surface area (Å²) in [5.74, 6) is 1.56. The molecule has 22 heavy (non-hydrogen) atoms. The maximum Gasteiger partial charge on any atom is 0.225 e. The Bertz CT molecular complexity index is 839. The summed E-state index contributed by atoms with van der Waals surface area (Å²) in [5, 5.41) is 3.65. The number of hydrogen-bond acceptors (Lipinski definition) is 5. The molecule has 3 aromatic rings. The minimum Gasteiger partial charge on any atom is -0.493 e. The minimum absolute atomic E-state index is 0.112. The van der Waals surface area contributed by atoms with Gasteiger partial charge in [-0.3, -0.25) is 4.98 Å². The lowest BCUT2D eigenvalue weighted by molar-refractivity contribution is 0.274. The van der Waals surface area contributed by atoms with Gasteiger partial charge >= 0.3 is 0 Å². The maximum atomic E-state index is 6.03. The molecule has 3 heterocycles. The Kier molecular flexibility index (Phi) is 3.27. The van der Waals surface area contributed by atoms with Gasteiger partial charge < -0.3 is 10.1 Å². The first-order valence-electron chi connectivity index (χ1n) is 7.08. The molecule has 1 unspecified atom stereocenters. The second kappa shape index (κ2) is 5.42. The Labute approximate surface area is 132 Å². The monoisotopic (exact) mass is 312 g/mol. The van der Waals surface area contributed by atoms with Crippen molar-refractivity contribution in [1.82, 2.24) is 15.0 Å². The summed E-state index contributed by atoms with van der Waals surface area (Å²) in [6.07, 6.45) is 2.58. The molecule has 0 amide bonds. The van der Waals surface area contributed by atoms with Crippen LogP contribution in [0.3, 0.4) is 0 Å². The Morgan fingerprint density at radius 2 is 2.05 bits per heavy atom. The molecule has 0 fully saturated rings. The third kappa shape index (κ3) is 2.33. The van der Waals surface area contributed by atoms with E-state index in [2.05, 4.69) is 26.3 Å². The number of nitrogens with zero attached hydrogens (tertiary/aromatic N) is 3. The van der Waals surface area contributed by atoms with E-state index in [1.807, 2.05) is 30.3 Å². The van der Waals surface area contributed by atoms with Crippen LogP contribution in [0.1, 0.15) is 18.0 Å². The first-order valence-corrected chi connectivity index (χ1v) is 7.45. The lowest BCUT2D eigenvalue weighted by Gasteiger charge is -2.27. The fraction of sp³-hybridized carbons (Fsp3) is 0.188. The van der Waals surface area contributed by atoms with Gasteiger partial charge in [0.15, 0.2) is 5.82 Å². The topological polar surface area (TPSA) is 59.9 Å². The van der Waals surface area contributed by atoms with Gasteiger partial charge in [-0.25, -0.2) is 4.98 Å². The fourth-order valence-corrected chi connectivity index (χ4v) is 2.87. The van der Waals surface area contributed by atoms with Crippen LogP contribution in [0, 0.1) is 0 Å². The summed E-state index contributed by atoms with van der Waals surface area (Å²) in [5.41, 5.74) is 2.56. The predicted octanol–water partition coefficient (Wildman–Crippen LogP) is 3.61. The van der Waals surface area contributed by atoms with Crippen LogP contribution in [0.5, 0.6) is 5.75 Å². The average molecular weight is 313 g/mol. The molecule has 110 valence electrons. The van der Waals surface area contributed by atoms with Crippen LogP contribution in [0.25, 0.3) is 11.0 Å². The molecule has 0 saturated heterocycles. The maximum absolute atomic E-state index is 6.03. The normalized spacial score (nSPS) is 16.9. The molecule has 0 bridgehead atoms. The number of nitrogens with one attached hydrogen (secondary N) is 1. The molecule has 1 atom stereocenters. The van der Waals surface area contributed by atoms with Crippen LogP contribution in [-0.2, 0) is 0 Å². The molecule has 0 aliphatic carbocycles. The fourth-order valence-electron chi connectivity index (χ4n) is 2.70. The second-order valence-electron chi connectivity index (χ2n) is 5.08. The van der Waals surface area contributed by atoms with Gasteiger partial charge in [-0.2, -0.15) is 4.98 Å². The number of ether oxygens (including phenoxy) is 1. The van der Waals surface area contributed by atoms with Crippen molar-refractivity contribution in [2.24, 2.45) is 0 Å². The van der Waals surface area contributed by atoms with Crippen LogP contribution in [0.2, 0.25) is 5.28 Å². The van der Waals surface area contributed by atoms with E-state index in [9.17, 15) is 0 Å². The van der Waals surface area contributed by atoms with Crippen molar-refractivity contribution in [3.63, 3.8) is 0 Å². The average Bonchev–Trinajstić information content (AvgIpc) is 2.55. The Balaban J connectivity index is 1.76. The minimum atomic E-state index is 0.112. The van der Waals surface area contributed by atoms with E-state index in [0.29, 0.717) is 12.4 Å². The van der Waals surface area contributed by atoms with Gasteiger partial charge in [-0.1, -0.05) is 18.2 Å². The molecular formula is C16H13ClN4O. The van der Waals surface area contributed by atoms with Crippen molar-refractivity contribution >= 4 is 28.5 Å². The molecule has 2 aromatic heterocycles. The third-order valence-corrected chi connectivity index (χ3v) is 3.87. The summed E-state index contributed by atoms with van der Waals surface area (Å²) in [4.78, 5) is 12.9. The highest BCUT2D eigenvalue weighted by Crippen LogP contribution is 2.34. The first-order chi connectivity index (χ1) is 10.8. The summed E-state index contributed by atoms with van der Waals surface area (Å²) in [6, 6.07) is 11.8. The highest BCUT2D eigenvalue weighted by molar-refractivity contribution is 6.28. The molecule has 0 radical (unpaired) electrons. The van der Waals surface area contributed by atoms with Crippen LogP contribution < -0.4 is 10.1 Å². The number of hydrogen-bond donors (Lipinski definition) is 1. The zero-order valence-electron chi connectivity index (χ0n) is 11.7. The molecule has 1 aromatic carbocycles. The van der Waals surface area contributed by atoms with Gasteiger partial charge in [0, 0.05) is 18.2 Å². The molecular weight excluding hydrogens is 300 g/mol. The highest BCUT2D eigenvalue weighted by Gasteiger charge is 2.22. The number of para-hydroxylation sites is 1. The Hall–Kier alpha value is -2.40. The van der Waals surface area contributed by atoms with Crippen molar-refractivity contribution in [3.05, 3.63) is 53.4 Å². The van der Waals surface area contributed by atoms with Gasteiger partial charge in [0.05, 0.1) is 18.2 Å². The largest absolute Gasteiger partial charge is 0.493 e. The van der Waals surface area contributed by atoms with Gasteiger partial charge in [-0.05, 0) is 29.8 Å². The molecule has 0 saturated carbocycles. The number of rotatable bonds is 2. The molecule has 1 N–H and O–H groups in total. The smallest absolute Gasteiger partial charge is 0.225 e.